The number of nitrogens with one attached hydrogen (secondary N) is 1. The second kappa shape index (κ2) is 9.75. The topological polar surface area (TPSA) is 286 Å². The molecule has 18 nitrogen and oxygen atoms in total. The lowest BCUT2D eigenvalue weighted by atomic mass is 9.84. The molecule has 0 aliphatic carbocycles. The summed E-state index contributed by atoms with van der Waals surface area (Å²) in [5, 5.41) is 21.2. The number of phosphoric ester groups is 1. The lowest BCUT2D eigenvalue weighted by molar-refractivity contribution is -0.0828. The SMILES string of the molecule is C#CC1(O)C(CO)[C@@H]([C@@H](C)OP(=O)(O)OP(=O)(O)OP(=O)(O)O)O[C@H]1n1ccc2c(=O)[nH]c(N)nc21. The van der Waals surface area contributed by atoms with E-state index in [0.29, 0.717) is 0 Å². The molecule has 9 N–H and O–H groups in total. The maximum atomic E-state index is 12.2. The molecule has 0 spiro atoms. The first-order valence-electron chi connectivity index (χ1n) is 9.58. The van der Waals surface area contributed by atoms with Crippen molar-refractivity contribution in [2.45, 2.75) is 31.0 Å². The molecule has 1 saturated heterocycles. The van der Waals surface area contributed by atoms with Crippen molar-refractivity contribution in [2.75, 3.05) is 12.3 Å². The summed E-state index contributed by atoms with van der Waals surface area (Å²) in [7, 11) is -17.0. The van der Waals surface area contributed by atoms with Gasteiger partial charge in [0.05, 0.1) is 30.1 Å². The summed E-state index contributed by atoms with van der Waals surface area (Å²) in [6, 6.07) is 1.32. The molecule has 0 amide bonds. The van der Waals surface area contributed by atoms with Gasteiger partial charge in [-0.15, -0.1) is 6.42 Å². The average Bonchev–Trinajstić information content (AvgIpc) is 3.23. The average molecular weight is 574 g/mol. The Labute approximate surface area is 201 Å². The molecule has 2 aromatic rings. The van der Waals surface area contributed by atoms with Crippen molar-refractivity contribution in [1.82, 2.24) is 14.5 Å². The zero-order valence-corrected chi connectivity index (χ0v) is 20.7. The third-order valence-corrected chi connectivity index (χ3v) is 9.01. The van der Waals surface area contributed by atoms with Gasteiger partial charge < -0.3 is 44.8 Å². The first-order chi connectivity index (χ1) is 16.4. The van der Waals surface area contributed by atoms with Crippen LogP contribution < -0.4 is 11.3 Å². The van der Waals surface area contributed by atoms with Gasteiger partial charge in [0.2, 0.25) is 5.95 Å². The zero-order chi connectivity index (χ0) is 27.3. The number of anilines is 1. The number of rotatable bonds is 9. The molecule has 36 heavy (non-hydrogen) atoms. The van der Waals surface area contributed by atoms with Crippen molar-refractivity contribution in [2.24, 2.45) is 5.92 Å². The Morgan fingerprint density at radius 3 is 2.50 bits per heavy atom. The van der Waals surface area contributed by atoms with Crippen molar-refractivity contribution in [3.05, 3.63) is 22.6 Å². The van der Waals surface area contributed by atoms with Gasteiger partial charge in [-0.3, -0.25) is 14.3 Å². The van der Waals surface area contributed by atoms with Crippen LogP contribution in [0.25, 0.3) is 11.0 Å². The summed E-state index contributed by atoms with van der Waals surface area (Å²) >= 11 is 0. The third kappa shape index (κ3) is 5.80. The Kier molecular flexibility index (Phi) is 7.75. The highest BCUT2D eigenvalue weighted by Crippen LogP contribution is 2.67. The maximum Gasteiger partial charge on any atom is 0.490 e. The van der Waals surface area contributed by atoms with Crippen LogP contribution in [0, 0.1) is 18.3 Å². The molecule has 1 aliphatic rings. The van der Waals surface area contributed by atoms with E-state index in [4.69, 9.17) is 31.2 Å². The number of nitrogens with two attached hydrogens (primary N) is 1. The fraction of sp³-hybridized carbons (Fsp3) is 0.467. The first kappa shape index (κ1) is 28.6. The highest BCUT2D eigenvalue weighted by Gasteiger charge is 2.58. The zero-order valence-electron chi connectivity index (χ0n) is 18.0. The minimum absolute atomic E-state index is 0.0393. The summed E-state index contributed by atoms with van der Waals surface area (Å²) in [5.74, 6) is 0.398. The van der Waals surface area contributed by atoms with Crippen LogP contribution >= 0.6 is 23.5 Å². The fourth-order valence-corrected chi connectivity index (χ4v) is 6.94. The number of nitrogen functional groups attached to an aromatic ring is 1. The van der Waals surface area contributed by atoms with E-state index < -0.39 is 65.6 Å². The Morgan fingerprint density at radius 2 is 1.94 bits per heavy atom. The normalized spacial score (nSPS) is 28.9. The first-order valence-corrected chi connectivity index (χ1v) is 14.1. The minimum Gasteiger partial charge on any atom is -0.396 e. The highest BCUT2D eigenvalue weighted by atomic mass is 31.3. The Morgan fingerprint density at radius 1 is 1.31 bits per heavy atom. The van der Waals surface area contributed by atoms with Gasteiger partial charge in [-0.1, -0.05) is 5.92 Å². The van der Waals surface area contributed by atoms with Gasteiger partial charge in [0.1, 0.15) is 0 Å². The summed E-state index contributed by atoms with van der Waals surface area (Å²) < 4.78 is 53.5. The Balaban J connectivity index is 1.93. The molecule has 1 fully saturated rings. The van der Waals surface area contributed by atoms with Gasteiger partial charge in [-0.2, -0.15) is 13.6 Å². The molecule has 4 unspecified atom stereocenters. The number of fused-ring (bicyclic) bond motifs is 1. The summed E-state index contributed by atoms with van der Waals surface area (Å²) in [5.41, 5.74) is 2.58. The maximum absolute atomic E-state index is 12.2. The number of H-pyrrole nitrogens is 1. The van der Waals surface area contributed by atoms with Gasteiger partial charge in [-0.25, -0.2) is 13.7 Å². The number of aromatic nitrogens is 3. The number of aliphatic hydroxyl groups excluding tert-OH is 1. The summed E-state index contributed by atoms with van der Waals surface area (Å²) in [6.07, 6.45) is 2.13. The summed E-state index contributed by atoms with van der Waals surface area (Å²) in [6.45, 7) is 0.223. The quantitative estimate of drug-likeness (QED) is 0.130. The predicted molar refractivity (Wildman–Crippen MR) is 117 cm³/mol. The van der Waals surface area contributed by atoms with Gasteiger partial charge >= 0.3 is 23.5 Å². The van der Waals surface area contributed by atoms with E-state index in [1.807, 2.05) is 0 Å². The van der Waals surface area contributed by atoms with Crippen molar-refractivity contribution in [3.8, 4) is 12.3 Å². The van der Waals surface area contributed by atoms with E-state index in [0.717, 1.165) is 11.5 Å². The molecule has 0 saturated carbocycles. The van der Waals surface area contributed by atoms with Crippen LogP contribution in [0.4, 0.5) is 5.95 Å². The second-order valence-corrected chi connectivity index (χ2v) is 11.9. The minimum atomic E-state index is -5.80. The van der Waals surface area contributed by atoms with Crippen LogP contribution in [0.5, 0.6) is 0 Å². The van der Waals surface area contributed by atoms with Gasteiger partial charge in [0.25, 0.3) is 5.56 Å². The molecule has 1 aliphatic heterocycles. The van der Waals surface area contributed by atoms with E-state index in [1.54, 1.807) is 0 Å². The number of hydrogen-bond donors (Lipinski definition) is 8. The van der Waals surface area contributed by atoms with Crippen LogP contribution in [-0.2, 0) is 31.6 Å². The smallest absolute Gasteiger partial charge is 0.396 e. The molecule has 0 bridgehead atoms. The number of phosphoric acid groups is 3. The number of hydrogen-bond acceptors (Lipinski definition) is 12. The third-order valence-electron chi connectivity index (χ3n) is 5.08. The Hall–Kier alpha value is -1.93. The van der Waals surface area contributed by atoms with Crippen LogP contribution in [0.1, 0.15) is 13.2 Å². The second-order valence-electron chi connectivity index (χ2n) is 7.52. The van der Waals surface area contributed by atoms with Crippen molar-refractivity contribution in [1.29, 1.82) is 0 Å². The van der Waals surface area contributed by atoms with E-state index in [-0.39, 0.29) is 17.0 Å². The summed E-state index contributed by atoms with van der Waals surface area (Å²) in [4.78, 5) is 54.8. The van der Waals surface area contributed by atoms with Gasteiger partial charge in [-0.05, 0) is 13.0 Å². The largest absolute Gasteiger partial charge is 0.490 e. The number of aliphatic hydroxyl groups is 2. The van der Waals surface area contributed by atoms with Crippen LogP contribution in [-0.4, -0.2) is 68.7 Å². The van der Waals surface area contributed by atoms with Crippen molar-refractivity contribution < 1.29 is 61.4 Å². The molecule has 0 radical (unpaired) electrons. The highest BCUT2D eigenvalue weighted by molar-refractivity contribution is 7.66. The molecule has 3 rings (SSSR count). The Bertz CT molecular complexity index is 1400. The lowest BCUT2D eigenvalue weighted by Gasteiger charge is -2.29. The van der Waals surface area contributed by atoms with E-state index in [1.165, 1.54) is 12.3 Å². The number of aromatic amines is 1. The molecule has 2 aromatic heterocycles. The van der Waals surface area contributed by atoms with Crippen molar-refractivity contribution >= 4 is 40.4 Å². The van der Waals surface area contributed by atoms with Crippen LogP contribution in [0.15, 0.2) is 17.1 Å². The monoisotopic (exact) mass is 574 g/mol. The fourth-order valence-electron chi connectivity index (χ4n) is 3.74. The lowest BCUT2D eigenvalue weighted by Crippen LogP contribution is -2.45. The van der Waals surface area contributed by atoms with E-state index >= 15 is 0 Å². The molecule has 200 valence electrons. The standard InChI is InChI=1S/C15H21N4O14P3/c1-3-15(22)9(6-20)10(7(2)31-35(26,27)33-36(28,29)32-34(23,24)25)30-13(15)19-5-4-8-11(19)17-14(16)18-12(8)21/h1,4-5,7,9-10,13,20,22H,6H2,2H3,(H,26,27)(H,28,29)(H2,23,24,25)(H3,16,17,18,21)/t7-,9?,10-,13-,15?/m1/s1. The number of nitrogens with zero attached hydrogens (tertiary/aromatic N) is 2. The molecular formula is C15H21N4O14P3. The predicted octanol–water partition coefficient (Wildman–Crippen LogP) is -1.09. The van der Waals surface area contributed by atoms with Crippen molar-refractivity contribution in [3.63, 3.8) is 0 Å². The molecule has 21 heteroatoms. The number of ether oxygens (including phenoxy) is 1. The van der Waals surface area contributed by atoms with Gasteiger partial charge in [0.15, 0.2) is 17.5 Å². The molecule has 3 heterocycles. The number of terminal acetylenes is 1. The van der Waals surface area contributed by atoms with E-state index in [9.17, 15) is 38.5 Å². The van der Waals surface area contributed by atoms with Gasteiger partial charge in [0, 0.05) is 6.20 Å². The molecule has 0 aromatic carbocycles. The van der Waals surface area contributed by atoms with Crippen LogP contribution in [0.3, 0.4) is 0 Å². The molecular weight excluding hydrogens is 553 g/mol. The van der Waals surface area contributed by atoms with E-state index in [2.05, 4.69) is 24.5 Å². The van der Waals surface area contributed by atoms with Crippen LogP contribution in [0.2, 0.25) is 0 Å². The molecule has 7 atom stereocenters.